The molecule has 0 aliphatic carbocycles. The Morgan fingerprint density at radius 2 is 1.69 bits per heavy atom. The molecule has 4 nitrogen and oxygen atoms in total. The fraction of sp³-hybridized carbons (Fsp3) is 0.310. The molecule has 3 aromatic rings. The van der Waals surface area contributed by atoms with Gasteiger partial charge in [0, 0.05) is 34.3 Å². The Balaban J connectivity index is 1.57. The number of nitrogens with zero attached hydrogens (tertiary/aromatic N) is 3. The first-order valence-electron chi connectivity index (χ1n) is 12.1. The van der Waals surface area contributed by atoms with Crippen LogP contribution in [0.5, 0.6) is 0 Å². The van der Waals surface area contributed by atoms with Crippen molar-refractivity contribution in [3.8, 4) is 22.9 Å². The Hall–Kier alpha value is -3.61. The van der Waals surface area contributed by atoms with Crippen LogP contribution in [0.4, 0.5) is 13.2 Å². The van der Waals surface area contributed by atoms with Crippen molar-refractivity contribution in [2.75, 3.05) is 6.54 Å². The summed E-state index contributed by atoms with van der Waals surface area (Å²) in [5.41, 5.74) is 3.66. The molecular formula is C29H28F3N3O. The molecule has 5 rings (SSSR count). The second-order valence-electron chi connectivity index (χ2n) is 9.67. The van der Waals surface area contributed by atoms with Crippen molar-refractivity contribution in [3.63, 3.8) is 0 Å². The molecule has 3 heterocycles. The quantitative estimate of drug-likeness (QED) is 0.352. The van der Waals surface area contributed by atoms with E-state index in [1.807, 2.05) is 6.07 Å². The zero-order valence-electron chi connectivity index (χ0n) is 20.7. The summed E-state index contributed by atoms with van der Waals surface area (Å²) in [5, 5.41) is 8.30. The van der Waals surface area contributed by atoms with Gasteiger partial charge in [-0.3, -0.25) is 0 Å². The summed E-state index contributed by atoms with van der Waals surface area (Å²) < 4.78 is 44.6. The first-order chi connectivity index (χ1) is 17.1. The molecule has 0 bridgehead atoms. The fourth-order valence-corrected chi connectivity index (χ4v) is 5.53. The van der Waals surface area contributed by atoms with Crippen molar-refractivity contribution in [2.45, 2.75) is 51.2 Å². The van der Waals surface area contributed by atoms with Crippen molar-refractivity contribution in [1.29, 1.82) is 0 Å². The van der Waals surface area contributed by atoms with Gasteiger partial charge in [-0.15, -0.1) is 10.2 Å². The Kier molecular flexibility index (Phi) is 5.69. The molecule has 36 heavy (non-hydrogen) atoms. The van der Waals surface area contributed by atoms with Gasteiger partial charge in [0.1, 0.15) is 0 Å². The molecule has 2 aliphatic rings. The van der Waals surface area contributed by atoms with E-state index in [-0.39, 0.29) is 16.8 Å². The van der Waals surface area contributed by atoms with Crippen molar-refractivity contribution in [2.24, 2.45) is 0 Å². The minimum absolute atomic E-state index is 0.143. The molecule has 0 saturated heterocycles. The van der Waals surface area contributed by atoms with Gasteiger partial charge in [0.25, 0.3) is 0 Å². The molecule has 0 spiro atoms. The van der Waals surface area contributed by atoms with E-state index in [0.29, 0.717) is 11.5 Å². The van der Waals surface area contributed by atoms with E-state index in [9.17, 15) is 13.2 Å². The monoisotopic (exact) mass is 491 g/mol. The largest absolute Gasteiger partial charge is 0.416 e. The Morgan fingerprint density at radius 1 is 1.03 bits per heavy atom. The number of aromatic nitrogens is 2. The van der Waals surface area contributed by atoms with E-state index in [2.05, 4.69) is 85.3 Å². The average molecular weight is 492 g/mol. The van der Waals surface area contributed by atoms with Crippen LogP contribution in [0.1, 0.15) is 50.8 Å². The minimum atomic E-state index is -4.39. The van der Waals surface area contributed by atoms with E-state index in [1.54, 1.807) is 0 Å². The second-order valence-corrected chi connectivity index (χ2v) is 9.67. The molecule has 0 N–H and O–H groups in total. The number of hydrogen-bond acceptors (Lipinski definition) is 4. The predicted octanol–water partition coefficient (Wildman–Crippen LogP) is 7.65. The van der Waals surface area contributed by atoms with Gasteiger partial charge >= 0.3 is 6.18 Å². The molecule has 0 amide bonds. The topological polar surface area (TPSA) is 42.2 Å². The molecule has 2 aromatic carbocycles. The number of alkyl halides is 3. The van der Waals surface area contributed by atoms with Crippen molar-refractivity contribution >= 4 is 5.70 Å². The lowest BCUT2D eigenvalue weighted by molar-refractivity contribution is -0.137. The van der Waals surface area contributed by atoms with E-state index >= 15 is 0 Å². The van der Waals surface area contributed by atoms with E-state index in [4.69, 9.17) is 4.42 Å². The van der Waals surface area contributed by atoms with Gasteiger partial charge in [-0.2, -0.15) is 13.2 Å². The number of halogens is 3. The van der Waals surface area contributed by atoms with Crippen molar-refractivity contribution in [1.82, 2.24) is 15.1 Å². The highest BCUT2D eigenvalue weighted by atomic mass is 19.4. The molecule has 0 radical (unpaired) electrons. The van der Waals surface area contributed by atoms with E-state index < -0.39 is 11.7 Å². The maximum atomic E-state index is 12.9. The van der Waals surface area contributed by atoms with E-state index in [1.165, 1.54) is 17.7 Å². The lowest BCUT2D eigenvalue weighted by Gasteiger charge is -2.58. The summed E-state index contributed by atoms with van der Waals surface area (Å²) >= 11 is 0. The number of rotatable bonds is 4. The standard InChI is InChI=1S/C29H28F3N3O/c1-5-16-28(4)27(3,6-2)23-15-12-20(18-22(23)24-9-7-8-17-35(24)28)26-34-33-25(36-26)19-10-13-21(14-11-19)29(30,31)32/h5,7-16,18H,6,17H2,1-4H3. The fourth-order valence-electron chi connectivity index (χ4n) is 5.53. The van der Waals surface area contributed by atoms with Gasteiger partial charge in [-0.25, -0.2) is 0 Å². The van der Waals surface area contributed by atoms with Crippen LogP contribution in [0.3, 0.4) is 0 Å². The summed E-state index contributed by atoms with van der Waals surface area (Å²) in [6, 6.07) is 10.9. The van der Waals surface area contributed by atoms with Gasteiger partial charge in [-0.05, 0) is 68.3 Å². The maximum Gasteiger partial charge on any atom is 0.416 e. The summed E-state index contributed by atoms with van der Waals surface area (Å²) in [7, 11) is 0. The predicted molar refractivity (Wildman–Crippen MR) is 135 cm³/mol. The molecule has 7 heteroatoms. The molecule has 186 valence electrons. The highest BCUT2D eigenvalue weighted by Crippen LogP contribution is 2.53. The van der Waals surface area contributed by atoms with Crippen LogP contribution >= 0.6 is 0 Å². The van der Waals surface area contributed by atoms with Crippen LogP contribution in [-0.4, -0.2) is 27.2 Å². The second kappa shape index (κ2) is 8.50. The average Bonchev–Trinajstić information content (AvgIpc) is 3.37. The summed E-state index contributed by atoms with van der Waals surface area (Å²) in [5.74, 6) is 0.503. The third-order valence-corrected chi connectivity index (χ3v) is 7.87. The number of benzene rings is 2. The van der Waals surface area contributed by atoms with Crippen LogP contribution < -0.4 is 0 Å². The molecule has 2 unspecified atom stereocenters. The molecule has 1 aromatic heterocycles. The first kappa shape index (κ1) is 24.1. The van der Waals surface area contributed by atoms with Crippen molar-refractivity contribution in [3.05, 3.63) is 89.5 Å². The molecular weight excluding hydrogens is 463 g/mol. The maximum absolute atomic E-state index is 12.9. The Bertz CT molecular complexity index is 1380. The molecule has 2 aliphatic heterocycles. The summed E-state index contributed by atoms with van der Waals surface area (Å²) in [4.78, 5) is 2.45. The smallest absolute Gasteiger partial charge is 0.416 e. The van der Waals surface area contributed by atoms with Crippen LogP contribution in [0, 0.1) is 0 Å². The Labute approximate surface area is 208 Å². The molecule has 0 saturated carbocycles. The summed E-state index contributed by atoms with van der Waals surface area (Å²) in [6.45, 7) is 9.71. The van der Waals surface area contributed by atoms with E-state index in [0.717, 1.165) is 41.9 Å². The van der Waals surface area contributed by atoms with Gasteiger partial charge in [0.05, 0.1) is 11.1 Å². The third-order valence-electron chi connectivity index (χ3n) is 7.87. The van der Waals surface area contributed by atoms with Gasteiger partial charge in [-0.1, -0.05) is 44.2 Å². The lowest BCUT2D eigenvalue weighted by atomic mass is 9.60. The number of hydrogen-bond donors (Lipinski definition) is 0. The third kappa shape index (κ3) is 3.60. The molecule has 2 atom stereocenters. The number of allylic oxidation sites excluding steroid dienone is 3. The van der Waals surface area contributed by atoms with Crippen LogP contribution in [0.2, 0.25) is 0 Å². The van der Waals surface area contributed by atoms with Gasteiger partial charge < -0.3 is 9.32 Å². The van der Waals surface area contributed by atoms with Crippen LogP contribution in [-0.2, 0) is 11.6 Å². The highest BCUT2D eigenvalue weighted by molar-refractivity contribution is 5.78. The minimum Gasteiger partial charge on any atom is -0.416 e. The number of fused-ring (bicyclic) bond motifs is 3. The first-order valence-corrected chi connectivity index (χ1v) is 12.1. The highest BCUT2D eigenvalue weighted by Gasteiger charge is 2.52. The van der Waals surface area contributed by atoms with Crippen LogP contribution in [0.15, 0.2) is 77.3 Å². The SMILES string of the molecule is CC=CC1(C)N2CC=CC=C2c2cc(-c3nnc(-c4ccc(C(F)(F)F)cc4)o3)ccc2C1(C)CC. The lowest BCUT2D eigenvalue weighted by Crippen LogP contribution is -2.60. The Morgan fingerprint density at radius 3 is 2.33 bits per heavy atom. The van der Waals surface area contributed by atoms with Gasteiger partial charge in [0.2, 0.25) is 11.8 Å². The molecule has 0 fully saturated rings. The van der Waals surface area contributed by atoms with Crippen molar-refractivity contribution < 1.29 is 17.6 Å². The van der Waals surface area contributed by atoms with Crippen LogP contribution in [0.25, 0.3) is 28.6 Å². The zero-order valence-corrected chi connectivity index (χ0v) is 20.7. The zero-order chi connectivity index (χ0) is 25.7. The normalized spacial score (nSPS) is 23.5. The summed E-state index contributed by atoms with van der Waals surface area (Å²) in [6.07, 6.45) is 7.39. The van der Waals surface area contributed by atoms with Gasteiger partial charge in [0.15, 0.2) is 0 Å².